The lowest BCUT2D eigenvalue weighted by molar-refractivity contribution is 0.154. The summed E-state index contributed by atoms with van der Waals surface area (Å²) in [6.45, 7) is 2.52. The Morgan fingerprint density at radius 1 is 1.12 bits per heavy atom. The number of nitrogens with one attached hydrogen (secondary N) is 1. The van der Waals surface area contributed by atoms with Crippen LogP contribution in [0.25, 0.3) is 10.9 Å². The summed E-state index contributed by atoms with van der Waals surface area (Å²) in [7, 11) is 0. The summed E-state index contributed by atoms with van der Waals surface area (Å²) < 4.78 is 13.8. The number of nitrogens with zero attached hydrogens (tertiary/aromatic N) is 1. The summed E-state index contributed by atoms with van der Waals surface area (Å²) in [6.07, 6.45) is 1.79. The molecule has 3 nitrogen and oxygen atoms in total. The zero-order chi connectivity index (χ0) is 16.9. The van der Waals surface area contributed by atoms with Crippen LogP contribution in [0, 0.1) is 5.82 Å². The highest BCUT2D eigenvalue weighted by Crippen LogP contribution is 2.20. The molecule has 0 saturated carbocycles. The van der Waals surface area contributed by atoms with Crippen LogP contribution in [0.3, 0.4) is 0 Å². The molecule has 2 aromatic carbocycles. The highest BCUT2D eigenvalue weighted by atomic mass is 19.1. The van der Waals surface area contributed by atoms with Crippen LogP contribution in [-0.4, -0.2) is 16.1 Å². The van der Waals surface area contributed by atoms with Crippen molar-refractivity contribution in [1.82, 2.24) is 10.3 Å². The predicted octanol–water partition coefficient (Wildman–Crippen LogP) is 3.98. The minimum Gasteiger partial charge on any atom is -0.388 e. The van der Waals surface area contributed by atoms with Crippen LogP contribution in [-0.2, 0) is 6.54 Å². The molecule has 1 heterocycles. The number of halogens is 1. The van der Waals surface area contributed by atoms with Crippen molar-refractivity contribution in [3.8, 4) is 0 Å². The van der Waals surface area contributed by atoms with Crippen LogP contribution in [0.5, 0.6) is 0 Å². The van der Waals surface area contributed by atoms with E-state index in [0.717, 1.165) is 22.0 Å². The largest absolute Gasteiger partial charge is 0.388 e. The molecule has 0 amide bonds. The van der Waals surface area contributed by atoms with E-state index in [-0.39, 0.29) is 11.9 Å². The maximum absolute atomic E-state index is 13.8. The third-order valence-corrected chi connectivity index (χ3v) is 4.15. The molecule has 3 aromatic rings. The van der Waals surface area contributed by atoms with Crippen molar-refractivity contribution >= 4 is 10.9 Å². The molecule has 1 aromatic heterocycles. The maximum Gasteiger partial charge on any atom is 0.124 e. The molecule has 0 fully saturated rings. The van der Waals surface area contributed by atoms with Gasteiger partial charge in [0, 0.05) is 24.2 Å². The van der Waals surface area contributed by atoms with Crippen LogP contribution < -0.4 is 5.32 Å². The average Bonchev–Trinajstić information content (AvgIpc) is 2.60. The van der Waals surface area contributed by atoms with Gasteiger partial charge in [0.2, 0.25) is 0 Å². The second-order valence-corrected chi connectivity index (χ2v) is 6.08. The van der Waals surface area contributed by atoms with Gasteiger partial charge in [-0.2, -0.15) is 0 Å². The fraction of sp³-hybridized carbons (Fsp3) is 0.250. The Balaban J connectivity index is 1.65. The van der Waals surface area contributed by atoms with Crippen molar-refractivity contribution in [2.75, 3.05) is 0 Å². The van der Waals surface area contributed by atoms with Crippen molar-refractivity contribution in [2.45, 2.75) is 32.0 Å². The summed E-state index contributed by atoms with van der Waals surface area (Å²) in [6, 6.07) is 16.4. The number of hydrogen-bond acceptors (Lipinski definition) is 3. The standard InChI is InChI=1S/C20H21FN2O/c1-14(10-19(24)15-6-3-2-4-7-15)23-13-17-12-18(21)11-16-8-5-9-22-20(16)17/h2-9,11-12,14,19,23-24H,10,13H2,1H3. The zero-order valence-electron chi connectivity index (χ0n) is 13.6. The minimum atomic E-state index is -0.518. The van der Waals surface area contributed by atoms with Gasteiger partial charge in [0.1, 0.15) is 5.82 Å². The maximum atomic E-state index is 13.8. The first kappa shape index (κ1) is 16.6. The van der Waals surface area contributed by atoms with E-state index in [1.165, 1.54) is 12.1 Å². The van der Waals surface area contributed by atoms with Crippen LogP contribution in [0.2, 0.25) is 0 Å². The van der Waals surface area contributed by atoms with Gasteiger partial charge in [-0.15, -0.1) is 0 Å². The first-order chi connectivity index (χ1) is 11.6. The monoisotopic (exact) mass is 324 g/mol. The Morgan fingerprint density at radius 3 is 2.71 bits per heavy atom. The Hall–Kier alpha value is -2.30. The molecule has 0 bridgehead atoms. The van der Waals surface area contributed by atoms with Crippen molar-refractivity contribution in [2.24, 2.45) is 0 Å². The summed E-state index contributed by atoms with van der Waals surface area (Å²) >= 11 is 0. The summed E-state index contributed by atoms with van der Waals surface area (Å²) in [5, 5.41) is 14.4. The Labute approximate surface area is 141 Å². The molecule has 2 N–H and O–H groups in total. The van der Waals surface area contributed by atoms with Crippen molar-refractivity contribution < 1.29 is 9.50 Å². The van der Waals surface area contributed by atoms with Gasteiger partial charge in [0.25, 0.3) is 0 Å². The predicted molar refractivity (Wildman–Crippen MR) is 94.0 cm³/mol. The Kier molecular flexibility index (Phi) is 5.18. The second kappa shape index (κ2) is 7.51. The third-order valence-electron chi connectivity index (χ3n) is 4.15. The van der Waals surface area contributed by atoms with Gasteiger partial charge in [0.05, 0.1) is 11.6 Å². The number of fused-ring (bicyclic) bond motifs is 1. The fourth-order valence-electron chi connectivity index (χ4n) is 2.88. The van der Waals surface area contributed by atoms with Crippen LogP contribution >= 0.6 is 0 Å². The molecule has 2 atom stereocenters. The van der Waals surface area contributed by atoms with Crippen LogP contribution in [0.1, 0.15) is 30.6 Å². The van der Waals surface area contributed by atoms with Crippen molar-refractivity contribution in [3.63, 3.8) is 0 Å². The number of benzene rings is 2. The lowest BCUT2D eigenvalue weighted by atomic mass is 10.0. The van der Waals surface area contributed by atoms with Crippen LogP contribution in [0.15, 0.2) is 60.8 Å². The van der Waals surface area contributed by atoms with E-state index in [2.05, 4.69) is 10.3 Å². The third kappa shape index (κ3) is 3.96. The molecule has 2 unspecified atom stereocenters. The molecule has 0 aliphatic rings. The number of aromatic nitrogens is 1. The van der Waals surface area contributed by atoms with E-state index in [0.29, 0.717) is 13.0 Å². The summed E-state index contributed by atoms with van der Waals surface area (Å²) in [5.74, 6) is -0.260. The lowest BCUT2D eigenvalue weighted by Crippen LogP contribution is -2.27. The van der Waals surface area contributed by atoms with Gasteiger partial charge in [-0.05, 0) is 42.7 Å². The fourth-order valence-corrected chi connectivity index (χ4v) is 2.88. The molecule has 0 aliphatic carbocycles. The SMILES string of the molecule is CC(CC(O)c1ccccc1)NCc1cc(F)cc2cccnc12. The molecule has 3 rings (SSSR count). The molecule has 0 saturated heterocycles. The smallest absolute Gasteiger partial charge is 0.124 e. The molecule has 0 spiro atoms. The number of rotatable bonds is 6. The van der Waals surface area contributed by atoms with Gasteiger partial charge in [-0.25, -0.2) is 4.39 Å². The lowest BCUT2D eigenvalue weighted by Gasteiger charge is -2.18. The first-order valence-electron chi connectivity index (χ1n) is 8.13. The Morgan fingerprint density at radius 2 is 1.92 bits per heavy atom. The minimum absolute atomic E-state index is 0.0854. The average molecular weight is 324 g/mol. The van der Waals surface area contributed by atoms with Crippen molar-refractivity contribution in [1.29, 1.82) is 0 Å². The van der Waals surface area contributed by atoms with Gasteiger partial charge < -0.3 is 10.4 Å². The van der Waals surface area contributed by atoms with Crippen LogP contribution in [0.4, 0.5) is 4.39 Å². The van der Waals surface area contributed by atoms with Crippen molar-refractivity contribution in [3.05, 3.63) is 77.7 Å². The van der Waals surface area contributed by atoms with E-state index in [1.54, 1.807) is 12.3 Å². The highest BCUT2D eigenvalue weighted by molar-refractivity contribution is 5.81. The quantitative estimate of drug-likeness (QED) is 0.721. The molecule has 4 heteroatoms. The normalized spacial score (nSPS) is 13.8. The molecule has 24 heavy (non-hydrogen) atoms. The van der Waals surface area contributed by atoms with Gasteiger partial charge in [-0.1, -0.05) is 36.4 Å². The molecular weight excluding hydrogens is 303 g/mol. The van der Waals surface area contributed by atoms with Gasteiger partial charge in [0.15, 0.2) is 0 Å². The van der Waals surface area contributed by atoms with Gasteiger partial charge >= 0.3 is 0 Å². The zero-order valence-corrected chi connectivity index (χ0v) is 13.6. The molecular formula is C20H21FN2O. The molecule has 0 aliphatic heterocycles. The topological polar surface area (TPSA) is 45.1 Å². The Bertz CT molecular complexity index is 807. The van der Waals surface area contributed by atoms with E-state index < -0.39 is 6.10 Å². The summed E-state index contributed by atoms with van der Waals surface area (Å²) in [5.41, 5.74) is 2.54. The number of aliphatic hydroxyl groups excluding tert-OH is 1. The first-order valence-corrected chi connectivity index (χ1v) is 8.13. The van der Waals surface area contributed by atoms with Gasteiger partial charge in [-0.3, -0.25) is 4.98 Å². The highest BCUT2D eigenvalue weighted by Gasteiger charge is 2.13. The molecule has 124 valence electrons. The van der Waals surface area contributed by atoms with E-state index in [4.69, 9.17) is 0 Å². The second-order valence-electron chi connectivity index (χ2n) is 6.08. The number of hydrogen-bond donors (Lipinski definition) is 2. The number of pyridine rings is 1. The summed E-state index contributed by atoms with van der Waals surface area (Å²) in [4.78, 5) is 4.35. The van der Waals surface area contributed by atoms with E-state index in [9.17, 15) is 9.50 Å². The number of aliphatic hydroxyl groups is 1. The van der Waals surface area contributed by atoms with E-state index >= 15 is 0 Å². The molecule has 0 radical (unpaired) electrons. The van der Waals surface area contributed by atoms with E-state index in [1.807, 2.05) is 43.3 Å².